The zero-order chi connectivity index (χ0) is 12.9. The van der Waals surface area contributed by atoms with Crippen LogP contribution in [-0.2, 0) is 6.54 Å². The highest BCUT2D eigenvalue weighted by Gasteiger charge is 2.13. The average molecular weight is 241 g/mol. The van der Waals surface area contributed by atoms with Crippen LogP contribution in [0.4, 0.5) is 0 Å². The van der Waals surface area contributed by atoms with Gasteiger partial charge in [0.2, 0.25) is 0 Å². The quantitative estimate of drug-likeness (QED) is 0.716. The number of hydrogen-bond acceptors (Lipinski definition) is 5. The number of aromatic nitrogens is 2. The van der Waals surface area contributed by atoms with Gasteiger partial charge in [0, 0.05) is 19.2 Å². The molecule has 0 atom stereocenters. The van der Waals surface area contributed by atoms with Crippen molar-refractivity contribution >= 4 is 0 Å². The van der Waals surface area contributed by atoms with Gasteiger partial charge in [-0.2, -0.15) is 5.10 Å². The summed E-state index contributed by atoms with van der Waals surface area (Å²) in [5, 5.41) is 13.5. The monoisotopic (exact) mass is 241 g/mol. The normalized spacial score (nSPS) is 11.5. The van der Waals surface area contributed by atoms with E-state index in [0.717, 1.165) is 0 Å². The molecule has 0 bridgehead atoms. The van der Waals surface area contributed by atoms with E-state index in [1.165, 1.54) is 16.9 Å². The zero-order valence-corrected chi connectivity index (χ0v) is 10.2. The van der Waals surface area contributed by atoms with Gasteiger partial charge in [0.1, 0.15) is 12.4 Å². The number of ether oxygens (including phenoxy) is 1. The van der Waals surface area contributed by atoms with E-state index in [1.54, 1.807) is 13.8 Å². The Hall–Kier alpha value is -1.40. The van der Waals surface area contributed by atoms with E-state index in [4.69, 9.17) is 10.5 Å². The number of rotatable bonds is 6. The largest absolute Gasteiger partial charge is 0.490 e. The van der Waals surface area contributed by atoms with Gasteiger partial charge >= 0.3 is 0 Å². The topological polar surface area (TPSA) is 90.4 Å². The Labute approximate surface area is 100 Å². The molecule has 0 amide bonds. The summed E-state index contributed by atoms with van der Waals surface area (Å²) in [6, 6.07) is 1.37. The van der Waals surface area contributed by atoms with Gasteiger partial charge in [-0.05, 0) is 20.3 Å². The summed E-state index contributed by atoms with van der Waals surface area (Å²) >= 11 is 0. The van der Waals surface area contributed by atoms with Gasteiger partial charge in [-0.15, -0.1) is 0 Å². The Balaban J connectivity index is 2.66. The molecule has 0 radical (unpaired) electrons. The predicted molar refractivity (Wildman–Crippen MR) is 64.0 cm³/mol. The lowest BCUT2D eigenvalue weighted by Gasteiger charge is -2.16. The fraction of sp³-hybridized carbons (Fsp3) is 0.636. The summed E-state index contributed by atoms with van der Waals surface area (Å²) in [5.74, 6) is 0.417. The van der Waals surface area contributed by atoms with Gasteiger partial charge in [-0.25, -0.2) is 4.68 Å². The van der Waals surface area contributed by atoms with Crippen LogP contribution in [-0.4, -0.2) is 33.6 Å². The van der Waals surface area contributed by atoms with Gasteiger partial charge in [0.05, 0.1) is 11.8 Å². The molecule has 1 rings (SSSR count). The van der Waals surface area contributed by atoms with Crippen LogP contribution in [0.2, 0.25) is 0 Å². The molecule has 17 heavy (non-hydrogen) atoms. The number of hydrogen-bond donors (Lipinski definition) is 2. The van der Waals surface area contributed by atoms with Crippen LogP contribution in [0.1, 0.15) is 20.3 Å². The summed E-state index contributed by atoms with van der Waals surface area (Å²) < 4.78 is 6.49. The standard InChI is InChI=1S/C11H19N3O3/c1-11(2,16)3-5-14-10(15)7-9(8-13-14)17-6-4-12/h7-8,16H,3-6,12H2,1-2H3. The number of nitrogens with two attached hydrogens (primary N) is 1. The van der Waals surface area contributed by atoms with E-state index in [-0.39, 0.29) is 5.56 Å². The molecule has 0 aliphatic heterocycles. The molecular weight excluding hydrogens is 222 g/mol. The van der Waals surface area contributed by atoms with Crippen LogP contribution >= 0.6 is 0 Å². The van der Waals surface area contributed by atoms with Crippen LogP contribution in [0.5, 0.6) is 5.75 Å². The van der Waals surface area contributed by atoms with Crippen molar-refractivity contribution < 1.29 is 9.84 Å². The van der Waals surface area contributed by atoms with E-state index in [2.05, 4.69) is 5.10 Å². The van der Waals surface area contributed by atoms with Crippen molar-refractivity contribution in [2.24, 2.45) is 5.73 Å². The van der Waals surface area contributed by atoms with Crippen molar-refractivity contribution in [2.45, 2.75) is 32.4 Å². The summed E-state index contributed by atoms with van der Waals surface area (Å²) in [6.07, 6.45) is 1.93. The van der Waals surface area contributed by atoms with E-state index in [1.807, 2.05) is 0 Å². The van der Waals surface area contributed by atoms with E-state index in [9.17, 15) is 9.90 Å². The Bertz CT molecular complexity index is 409. The molecule has 6 heteroatoms. The van der Waals surface area contributed by atoms with Crippen LogP contribution in [0, 0.1) is 0 Å². The molecule has 0 fully saturated rings. The van der Waals surface area contributed by atoms with Crippen molar-refractivity contribution in [3.63, 3.8) is 0 Å². The maximum Gasteiger partial charge on any atom is 0.270 e. The summed E-state index contributed by atoms with van der Waals surface area (Å²) in [6.45, 7) is 4.50. The Morgan fingerprint density at radius 2 is 2.29 bits per heavy atom. The summed E-state index contributed by atoms with van der Waals surface area (Å²) in [7, 11) is 0. The molecule has 6 nitrogen and oxygen atoms in total. The fourth-order valence-corrected chi connectivity index (χ4v) is 1.22. The number of aliphatic hydroxyl groups is 1. The second kappa shape index (κ2) is 5.79. The van der Waals surface area contributed by atoms with E-state index >= 15 is 0 Å². The molecule has 1 heterocycles. The van der Waals surface area contributed by atoms with Crippen molar-refractivity contribution in [1.82, 2.24) is 9.78 Å². The zero-order valence-electron chi connectivity index (χ0n) is 10.2. The summed E-state index contributed by atoms with van der Waals surface area (Å²) in [4.78, 5) is 11.6. The second-order valence-electron chi connectivity index (χ2n) is 4.45. The summed E-state index contributed by atoms with van der Waals surface area (Å²) in [5.41, 5.74) is 4.23. The second-order valence-corrected chi connectivity index (χ2v) is 4.45. The first kappa shape index (κ1) is 13.7. The maximum absolute atomic E-state index is 11.6. The molecular formula is C11H19N3O3. The molecule has 3 N–H and O–H groups in total. The first-order chi connectivity index (χ1) is 7.92. The SMILES string of the molecule is CC(C)(O)CCn1ncc(OCCN)cc1=O. The molecule has 1 aromatic rings. The third kappa shape index (κ3) is 4.97. The van der Waals surface area contributed by atoms with Crippen molar-refractivity contribution in [3.8, 4) is 5.75 Å². The minimum Gasteiger partial charge on any atom is -0.490 e. The van der Waals surface area contributed by atoms with Gasteiger partial charge in [0.25, 0.3) is 5.56 Å². The highest BCUT2D eigenvalue weighted by molar-refractivity contribution is 5.13. The molecule has 1 aromatic heterocycles. The van der Waals surface area contributed by atoms with E-state index < -0.39 is 5.60 Å². The molecule has 0 aliphatic carbocycles. The van der Waals surface area contributed by atoms with Crippen molar-refractivity contribution in [3.05, 3.63) is 22.6 Å². The first-order valence-electron chi connectivity index (χ1n) is 5.55. The molecule has 0 aromatic carbocycles. The molecule has 96 valence electrons. The van der Waals surface area contributed by atoms with E-state index in [0.29, 0.717) is 31.9 Å². The fourth-order valence-electron chi connectivity index (χ4n) is 1.22. The Morgan fingerprint density at radius 1 is 1.59 bits per heavy atom. The molecule has 0 saturated heterocycles. The van der Waals surface area contributed by atoms with Gasteiger partial charge in [0.15, 0.2) is 0 Å². The van der Waals surface area contributed by atoms with Gasteiger partial charge in [-0.3, -0.25) is 4.79 Å². The highest BCUT2D eigenvalue weighted by atomic mass is 16.5. The third-order valence-electron chi connectivity index (χ3n) is 2.17. The van der Waals surface area contributed by atoms with Crippen molar-refractivity contribution in [1.29, 1.82) is 0 Å². The third-order valence-corrected chi connectivity index (χ3v) is 2.17. The molecule has 0 saturated carbocycles. The van der Waals surface area contributed by atoms with Gasteiger partial charge in [-0.1, -0.05) is 0 Å². The smallest absolute Gasteiger partial charge is 0.270 e. The Morgan fingerprint density at radius 3 is 2.82 bits per heavy atom. The van der Waals surface area contributed by atoms with Gasteiger partial charge < -0.3 is 15.6 Å². The lowest BCUT2D eigenvalue weighted by molar-refractivity contribution is 0.0646. The van der Waals surface area contributed by atoms with Crippen molar-refractivity contribution in [2.75, 3.05) is 13.2 Å². The number of aryl methyl sites for hydroxylation is 1. The minimum atomic E-state index is -0.810. The van der Waals surface area contributed by atoms with Crippen LogP contribution in [0.15, 0.2) is 17.1 Å². The predicted octanol–water partition coefficient (Wildman–Crippen LogP) is -0.258. The Kier molecular flexibility index (Phi) is 4.65. The van der Waals surface area contributed by atoms with Crippen LogP contribution in [0.25, 0.3) is 0 Å². The molecule has 0 spiro atoms. The van der Waals surface area contributed by atoms with Crippen LogP contribution in [0.3, 0.4) is 0 Å². The maximum atomic E-state index is 11.6. The number of nitrogens with zero attached hydrogens (tertiary/aromatic N) is 2. The lowest BCUT2D eigenvalue weighted by atomic mass is 10.1. The average Bonchev–Trinajstić information content (AvgIpc) is 2.23. The minimum absolute atomic E-state index is 0.247. The first-order valence-corrected chi connectivity index (χ1v) is 5.55. The van der Waals surface area contributed by atoms with Crippen LogP contribution < -0.4 is 16.0 Å². The molecule has 0 aliphatic rings. The molecule has 0 unspecified atom stereocenters. The highest BCUT2D eigenvalue weighted by Crippen LogP contribution is 2.08. The lowest BCUT2D eigenvalue weighted by Crippen LogP contribution is -2.28.